The van der Waals surface area contributed by atoms with Gasteiger partial charge in [-0.05, 0) is 135 Å². The van der Waals surface area contributed by atoms with Gasteiger partial charge in [0.25, 0.3) is 0 Å². The van der Waals surface area contributed by atoms with Crippen molar-refractivity contribution in [3.63, 3.8) is 0 Å². The van der Waals surface area contributed by atoms with E-state index >= 15 is 0 Å². The number of hydrogen-bond donors (Lipinski definition) is 0. The predicted octanol–water partition coefficient (Wildman–Crippen LogP) is 23.5. The van der Waals surface area contributed by atoms with Crippen LogP contribution in [-0.2, 0) is 38.1 Å². The molecule has 1 unspecified atom stereocenters. The van der Waals surface area contributed by atoms with Crippen LogP contribution in [0.4, 0.5) is 0 Å². The molecule has 0 bridgehead atoms. The van der Waals surface area contributed by atoms with E-state index in [0.717, 1.165) is 213 Å². The van der Waals surface area contributed by atoms with Crippen molar-refractivity contribution in [2.45, 2.75) is 426 Å². The monoisotopic (exact) mass is 1390 g/mol. The van der Waals surface area contributed by atoms with E-state index in [2.05, 4.69) is 61.1 Å². The maximum absolute atomic E-state index is 13.0. The van der Waals surface area contributed by atoms with Gasteiger partial charge in [0.15, 0.2) is 0 Å². The Labute approximate surface area is 609 Å². The summed E-state index contributed by atoms with van der Waals surface area (Å²) in [5.41, 5.74) is 0. The molecule has 12 heteroatoms. The van der Waals surface area contributed by atoms with E-state index in [1.165, 1.54) is 225 Å². The number of piperazine rings is 1. The summed E-state index contributed by atoms with van der Waals surface area (Å²) < 4.78 is 23.1. The van der Waals surface area contributed by atoms with E-state index in [0.29, 0.717) is 45.5 Å². The van der Waals surface area contributed by atoms with E-state index in [-0.39, 0.29) is 30.0 Å². The Kier molecular flexibility index (Phi) is 71.2. The highest BCUT2D eigenvalue weighted by Gasteiger charge is 2.20. The lowest BCUT2D eigenvalue weighted by Gasteiger charge is -2.37. The van der Waals surface area contributed by atoms with Crippen LogP contribution in [0.1, 0.15) is 420 Å². The fourth-order valence-electron chi connectivity index (χ4n) is 14.4. The minimum Gasteiger partial charge on any atom is -0.466 e. The fraction of sp³-hybridized carbons (Fsp3) is 0.953. The third-order valence-corrected chi connectivity index (χ3v) is 21.1. The van der Waals surface area contributed by atoms with Crippen molar-refractivity contribution in [3.8, 4) is 0 Å². The number of esters is 4. The second kappa shape index (κ2) is 74.4. The normalized spacial score (nSPS) is 13.4. The van der Waals surface area contributed by atoms with Gasteiger partial charge in [0, 0.05) is 78.0 Å². The Hall–Kier alpha value is -2.28. The first kappa shape index (κ1) is 93.7. The Morgan fingerprint density at radius 1 is 0.265 bits per heavy atom. The Bertz CT molecular complexity index is 1690. The van der Waals surface area contributed by atoms with Gasteiger partial charge in [-0.25, -0.2) is 0 Å². The second-order valence-electron chi connectivity index (χ2n) is 30.5. The molecule has 0 aromatic carbocycles. The molecule has 12 nitrogen and oxygen atoms in total. The molecule has 1 saturated heterocycles. The van der Waals surface area contributed by atoms with Gasteiger partial charge in [-0.2, -0.15) is 0 Å². The quantitative estimate of drug-likeness (QED) is 0.0328. The summed E-state index contributed by atoms with van der Waals surface area (Å²) in [7, 11) is 0. The number of ether oxygens (including phenoxy) is 4. The van der Waals surface area contributed by atoms with E-state index in [1.54, 1.807) is 0 Å². The Morgan fingerprint density at radius 2 is 0.510 bits per heavy atom. The molecule has 0 aromatic rings. The molecule has 0 aliphatic carbocycles. The minimum atomic E-state index is -0.0238. The van der Waals surface area contributed by atoms with Gasteiger partial charge < -0.3 is 28.7 Å². The highest BCUT2D eigenvalue weighted by molar-refractivity contribution is 5.70. The first-order valence-electron chi connectivity index (χ1n) is 43.7. The molecular formula is C86H168N4O8. The smallest absolute Gasteiger partial charge is 0.306 e. The SMILES string of the molecule is CCCCCCCCCCCOC(=O)CCCCCN(CCCCCCCC(=O)OCCCC(CCCCC)CCCCC)CCN1CCN(CCN(CCCCCCCC(=O)OC(CCCCC)CCCCCCCC)CCCCCC(=O)OCCCCCCCCCCC)CC1. The van der Waals surface area contributed by atoms with Crippen LogP contribution < -0.4 is 0 Å². The summed E-state index contributed by atoms with van der Waals surface area (Å²) >= 11 is 0. The third-order valence-electron chi connectivity index (χ3n) is 21.1. The van der Waals surface area contributed by atoms with E-state index in [9.17, 15) is 19.2 Å². The Morgan fingerprint density at radius 3 is 0.867 bits per heavy atom. The lowest BCUT2D eigenvalue weighted by atomic mass is 9.91. The predicted molar refractivity (Wildman–Crippen MR) is 418 cm³/mol. The summed E-state index contributed by atoms with van der Waals surface area (Å²) in [6.07, 6.45) is 68.2. The van der Waals surface area contributed by atoms with Gasteiger partial charge in [-0.1, -0.05) is 292 Å². The number of hydrogen-bond acceptors (Lipinski definition) is 12. The molecule has 1 atom stereocenters. The molecule has 1 aliphatic rings. The van der Waals surface area contributed by atoms with E-state index in [1.807, 2.05) is 0 Å². The molecule has 98 heavy (non-hydrogen) atoms. The van der Waals surface area contributed by atoms with Crippen molar-refractivity contribution in [3.05, 3.63) is 0 Å². The van der Waals surface area contributed by atoms with Crippen LogP contribution in [-0.4, -0.2) is 148 Å². The van der Waals surface area contributed by atoms with Gasteiger partial charge in [-0.3, -0.25) is 29.0 Å². The molecule has 1 rings (SSSR count). The lowest BCUT2D eigenvalue weighted by molar-refractivity contribution is -0.150. The zero-order valence-corrected chi connectivity index (χ0v) is 66.5. The van der Waals surface area contributed by atoms with Crippen LogP contribution in [0, 0.1) is 5.92 Å². The topological polar surface area (TPSA) is 118 Å². The third kappa shape index (κ3) is 64.6. The van der Waals surface area contributed by atoms with Crippen molar-refractivity contribution in [2.24, 2.45) is 5.92 Å². The molecule has 0 aromatic heterocycles. The lowest BCUT2D eigenvalue weighted by Crippen LogP contribution is -2.50. The molecule has 0 N–H and O–H groups in total. The van der Waals surface area contributed by atoms with Crippen molar-refractivity contribution in [1.29, 1.82) is 0 Å². The zero-order chi connectivity index (χ0) is 70.9. The summed E-state index contributed by atoms with van der Waals surface area (Å²) in [5.74, 6) is 0.741. The standard InChI is InChI=1S/C86H168N4O8/c1-7-13-19-22-25-27-29-38-54-78-95-83(91)63-48-40-52-68-87(66-50-36-31-34-46-62-85(93)97-80-56-59-81(57-42-16-10-4)58-43-17-11-5)70-72-89-74-76-90(77-75-89)73-71-88(69-53-41-49-64-84(92)96-79-55-39-30-28-26-23-20-14-8-2)67-51-37-32-35-47-65-86(94)98-82(60-44-18-12-6)61-45-33-24-21-15-9-3/h81-82H,7-80H2,1-6H3. The molecule has 0 radical (unpaired) electrons. The molecule has 0 amide bonds. The highest BCUT2D eigenvalue weighted by atomic mass is 16.5. The number of nitrogens with zero attached hydrogens (tertiary/aromatic N) is 4. The van der Waals surface area contributed by atoms with Gasteiger partial charge in [0.05, 0.1) is 19.8 Å². The van der Waals surface area contributed by atoms with Crippen molar-refractivity contribution >= 4 is 23.9 Å². The van der Waals surface area contributed by atoms with Crippen LogP contribution in [0.2, 0.25) is 0 Å². The number of rotatable bonds is 78. The fourth-order valence-corrected chi connectivity index (χ4v) is 14.4. The number of unbranched alkanes of at least 4 members (excludes halogenated alkanes) is 39. The molecular weight excluding hydrogens is 1220 g/mol. The largest absolute Gasteiger partial charge is 0.466 e. The van der Waals surface area contributed by atoms with E-state index < -0.39 is 0 Å². The summed E-state index contributed by atoms with van der Waals surface area (Å²) in [6, 6.07) is 0. The van der Waals surface area contributed by atoms with Crippen molar-refractivity contribution < 1.29 is 38.1 Å². The highest BCUT2D eigenvalue weighted by Crippen LogP contribution is 2.24. The second-order valence-corrected chi connectivity index (χ2v) is 30.5. The van der Waals surface area contributed by atoms with Crippen molar-refractivity contribution in [2.75, 3.05) is 98.4 Å². The summed E-state index contributed by atoms with van der Waals surface area (Å²) in [5, 5.41) is 0. The van der Waals surface area contributed by atoms with Crippen LogP contribution in [0.15, 0.2) is 0 Å². The molecule has 1 fully saturated rings. The first-order valence-corrected chi connectivity index (χ1v) is 43.7. The van der Waals surface area contributed by atoms with Gasteiger partial charge in [0.2, 0.25) is 0 Å². The van der Waals surface area contributed by atoms with Gasteiger partial charge in [0.1, 0.15) is 6.10 Å². The zero-order valence-electron chi connectivity index (χ0n) is 66.5. The summed E-state index contributed by atoms with van der Waals surface area (Å²) in [4.78, 5) is 61.7. The molecule has 0 spiro atoms. The van der Waals surface area contributed by atoms with Crippen LogP contribution in [0.25, 0.3) is 0 Å². The molecule has 1 aliphatic heterocycles. The van der Waals surface area contributed by atoms with Crippen LogP contribution in [0.5, 0.6) is 0 Å². The number of carbonyl (C=O) groups is 4. The molecule has 1 heterocycles. The average Bonchev–Trinajstić information content (AvgIpc) is 1.07. The maximum Gasteiger partial charge on any atom is 0.306 e. The van der Waals surface area contributed by atoms with Crippen molar-refractivity contribution in [1.82, 2.24) is 19.6 Å². The summed E-state index contributed by atoms with van der Waals surface area (Å²) in [6.45, 7) is 28.5. The minimum absolute atomic E-state index is 0.0115. The first-order chi connectivity index (χ1) is 48.2. The van der Waals surface area contributed by atoms with Crippen LogP contribution in [0.3, 0.4) is 0 Å². The van der Waals surface area contributed by atoms with Crippen LogP contribution >= 0.6 is 0 Å². The Balaban J connectivity index is 2.72. The number of carbonyl (C=O) groups excluding carboxylic acids is 4. The van der Waals surface area contributed by atoms with Gasteiger partial charge >= 0.3 is 23.9 Å². The molecule has 580 valence electrons. The average molecular weight is 1390 g/mol. The maximum atomic E-state index is 13.0. The van der Waals surface area contributed by atoms with Gasteiger partial charge in [-0.15, -0.1) is 0 Å². The molecule has 0 saturated carbocycles. The van der Waals surface area contributed by atoms with E-state index in [4.69, 9.17) is 18.9 Å².